The van der Waals surface area contributed by atoms with Crippen LogP contribution in [0.4, 0.5) is 0 Å². The monoisotopic (exact) mass is 196 g/mol. The lowest BCUT2D eigenvalue weighted by Crippen LogP contribution is -2.03. The summed E-state index contributed by atoms with van der Waals surface area (Å²) in [6.45, 7) is 7.02. The molecule has 0 aliphatic carbocycles. The van der Waals surface area contributed by atoms with Gasteiger partial charge in [0.15, 0.2) is 5.75 Å². The van der Waals surface area contributed by atoms with Crippen molar-refractivity contribution >= 4 is 0 Å². The molecule has 1 rings (SSSR count). The molecule has 14 heavy (non-hydrogen) atoms. The number of aryl methyl sites for hydroxylation is 1. The predicted octanol–water partition coefficient (Wildman–Crippen LogP) is 1.84. The summed E-state index contributed by atoms with van der Waals surface area (Å²) in [4.78, 5) is 8.38. The van der Waals surface area contributed by atoms with Crippen LogP contribution in [0.25, 0.3) is 0 Å². The van der Waals surface area contributed by atoms with Crippen LogP contribution in [0.5, 0.6) is 11.6 Å². The second kappa shape index (κ2) is 5.42. The molecule has 78 valence electrons. The van der Waals surface area contributed by atoms with E-state index in [-0.39, 0.29) is 0 Å². The fourth-order valence-electron chi connectivity index (χ4n) is 1.05. The first-order valence-corrected chi connectivity index (χ1v) is 4.93. The molecule has 0 spiro atoms. The molecule has 1 aromatic rings. The van der Waals surface area contributed by atoms with E-state index in [1.54, 1.807) is 6.20 Å². The zero-order valence-corrected chi connectivity index (χ0v) is 8.91. The van der Waals surface area contributed by atoms with Crippen LogP contribution in [-0.2, 0) is 6.42 Å². The average molecular weight is 196 g/mol. The van der Waals surface area contributed by atoms with Crippen molar-refractivity contribution in [3.63, 3.8) is 0 Å². The van der Waals surface area contributed by atoms with Crippen molar-refractivity contribution in [2.75, 3.05) is 13.2 Å². The highest BCUT2D eigenvalue weighted by molar-refractivity contribution is 5.30. The van der Waals surface area contributed by atoms with E-state index >= 15 is 0 Å². The zero-order chi connectivity index (χ0) is 10.4. The Morgan fingerprint density at radius 3 is 2.43 bits per heavy atom. The molecule has 0 radical (unpaired) electrons. The molecule has 0 aromatic carbocycles. The van der Waals surface area contributed by atoms with Crippen LogP contribution in [-0.4, -0.2) is 23.2 Å². The van der Waals surface area contributed by atoms with Gasteiger partial charge in [-0.05, 0) is 13.8 Å². The summed E-state index contributed by atoms with van der Waals surface area (Å²) in [6.07, 6.45) is 2.47. The van der Waals surface area contributed by atoms with Gasteiger partial charge in [-0.15, -0.1) is 0 Å². The van der Waals surface area contributed by atoms with Crippen LogP contribution in [0.1, 0.15) is 26.6 Å². The molecule has 0 atom stereocenters. The van der Waals surface area contributed by atoms with Crippen molar-refractivity contribution in [2.45, 2.75) is 27.2 Å². The maximum Gasteiger partial charge on any atom is 0.260 e. The molecule has 1 heterocycles. The summed E-state index contributed by atoms with van der Waals surface area (Å²) in [6, 6.07) is 0. The predicted molar refractivity (Wildman–Crippen MR) is 53.7 cm³/mol. The summed E-state index contributed by atoms with van der Waals surface area (Å²) < 4.78 is 10.7. The van der Waals surface area contributed by atoms with Crippen LogP contribution < -0.4 is 9.47 Å². The highest BCUT2D eigenvalue weighted by atomic mass is 16.5. The second-order valence-electron chi connectivity index (χ2n) is 2.68. The van der Waals surface area contributed by atoms with E-state index in [0.717, 1.165) is 12.2 Å². The molecule has 0 saturated carbocycles. The Morgan fingerprint density at radius 1 is 1.14 bits per heavy atom. The van der Waals surface area contributed by atoms with Gasteiger partial charge >= 0.3 is 0 Å². The lowest BCUT2D eigenvalue weighted by atomic mass is 10.4. The first-order valence-electron chi connectivity index (χ1n) is 4.93. The van der Waals surface area contributed by atoms with Gasteiger partial charge in [0.2, 0.25) is 0 Å². The van der Waals surface area contributed by atoms with Crippen molar-refractivity contribution < 1.29 is 9.47 Å². The van der Waals surface area contributed by atoms with Crippen molar-refractivity contribution in [3.05, 3.63) is 12.0 Å². The third-order valence-corrected chi connectivity index (χ3v) is 1.67. The summed E-state index contributed by atoms with van der Waals surface area (Å²) >= 11 is 0. The van der Waals surface area contributed by atoms with Gasteiger partial charge in [-0.2, -0.15) is 4.98 Å². The van der Waals surface area contributed by atoms with E-state index in [1.165, 1.54) is 0 Å². The highest BCUT2D eigenvalue weighted by Gasteiger charge is 2.07. The van der Waals surface area contributed by atoms with Crippen molar-refractivity contribution in [3.8, 4) is 11.6 Å². The molecule has 0 amide bonds. The van der Waals surface area contributed by atoms with E-state index in [0.29, 0.717) is 24.8 Å². The topological polar surface area (TPSA) is 44.2 Å². The van der Waals surface area contributed by atoms with Gasteiger partial charge in [-0.3, -0.25) is 0 Å². The van der Waals surface area contributed by atoms with Gasteiger partial charge in [0.1, 0.15) is 5.82 Å². The Balaban J connectivity index is 2.91. The molecule has 4 nitrogen and oxygen atoms in total. The number of aromatic nitrogens is 2. The Bertz CT molecular complexity index is 289. The smallest absolute Gasteiger partial charge is 0.260 e. The minimum atomic E-state index is 0.543. The Morgan fingerprint density at radius 2 is 1.86 bits per heavy atom. The maximum absolute atomic E-state index is 5.36. The van der Waals surface area contributed by atoms with Gasteiger partial charge in [0.05, 0.1) is 19.4 Å². The Hall–Kier alpha value is -1.32. The minimum Gasteiger partial charge on any atom is -0.487 e. The number of ether oxygens (including phenoxy) is 2. The summed E-state index contributed by atoms with van der Waals surface area (Å²) in [5.74, 6) is 1.93. The van der Waals surface area contributed by atoms with Gasteiger partial charge < -0.3 is 9.47 Å². The molecular weight excluding hydrogens is 180 g/mol. The van der Waals surface area contributed by atoms with E-state index < -0.39 is 0 Å². The first-order chi connectivity index (χ1) is 6.81. The van der Waals surface area contributed by atoms with Crippen LogP contribution in [0.15, 0.2) is 6.20 Å². The largest absolute Gasteiger partial charge is 0.487 e. The van der Waals surface area contributed by atoms with Gasteiger partial charge in [0.25, 0.3) is 5.88 Å². The Labute approximate surface area is 84.3 Å². The number of hydrogen-bond acceptors (Lipinski definition) is 4. The SMILES string of the molecule is CCOc1cnc(CC)nc1OCC. The molecule has 0 bridgehead atoms. The van der Waals surface area contributed by atoms with E-state index in [9.17, 15) is 0 Å². The van der Waals surface area contributed by atoms with Crippen LogP contribution in [0.2, 0.25) is 0 Å². The number of hydrogen-bond donors (Lipinski definition) is 0. The summed E-state index contributed by atoms with van der Waals surface area (Å²) in [7, 11) is 0. The summed E-state index contributed by atoms with van der Waals surface area (Å²) in [5, 5.41) is 0. The van der Waals surface area contributed by atoms with Crippen LogP contribution in [0, 0.1) is 0 Å². The standard InChI is InChI=1S/C10H16N2O2/c1-4-9-11-7-8(13-5-2)10(12-9)14-6-3/h7H,4-6H2,1-3H3. The third-order valence-electron chi connectivity index (χ3n) is 1.67. The lowest BCUT2D eigenvalue weighted by molar-refractivity contribution is 0.275. The van der Waals surface area contributed by atoms with E-state index in [1.807, 2.05) is 20.8 Å². The van der Waals surface area contributed by atoms with E-state index in [4.69, 9.17) is 9.47 Å². The Kier molecular flexibility index (Phi) is 4.16. The normalized spacial score (nSPS) is 9.93. The molecule has 0 fully saturated rings. The molecule has 0 aliphatic rings. The zero-order valence-electron chi connectivity index (χ0n) is 8.91. The molecule has 1 aromatic heterocycles. The first kappa shape index (κ1) is 10.8. The fourth-order valence-corrected chi connectivity index (χ4v) is 1.05. The second-order valence-corrected chi connectivity index (χ2v) is 2.68. The summed E-state index contributed by atoms with van der Waals surface area (Å²) in [5.41, 5.74) is 0. The highest BCUT2D eigenvalue weighted by Crippen LogP contribution is 2.23. The van der Waals surface area contributed by atoms with Crippen LogP contribution in [0.3, 0.4) is 0 Å². The van der Waals surface area contributed by atoms with Crippen LogP contribution >= 0.6 is 0 Å². The maximum atomic E-state index is 5.36. The molecule has 0 N–H and O–H groups in total. The fraction of sp³-hybridized carbons (Fsp3) is 0.600. The molecule has 4 heteroatoms. The number of rotatable bonds is 5. The van der Waals surface area contributed by atoms with Gasteiger partial charge in [-0.1, -0.05) is 6.92 Å². The van der Waals surface area contributed by atoms with Gasteiger partial charge in [-0.25, -0.2) is 4.98 Å². The third kappa shape index (κ3) is 2.58. The van der Waals surface area contributed by atoms with Crippen molar-refractivity contribution in [2.24, 2.45) is 0 Å². The lowest BCUT2D eigenvalue weighted by Gasteiger charge is -2.09. The molecule has 0 aliphatic heterocycles. The van der Waals surface area contributed by atoms with Crippen molar-refractivity contribution in [1.82, 2.24) is 9.97 Å². The average Bonchev–Trinajstić information content (AvgIpc) is 2.21. The molecular formula is C10H16N2O2. The minimum absolute atomic E-state index is 0.543. The molecule has 0 unspecified atom stereocenters. The van der Waals surface area contributed by atoms with E-state index in [2.05, 4.69) is 9.97 Å². The van der Waals surface area contributed by atoms with Gasteiger partial charge in [0, 0.05) is 6.42 Å². The number of nitrogens with zero attached hydrogens (tertiary/aromatic N) is 2. The molecule has 0 saturated heterocycles. The quantitative estimate of drug-likeness (QED) is 0.720. The van der Waals surface area contributed by atoms with Crippen molar-refractivity contribution in [1.29, 1.82) is 0 Å².